The van der Waals surface area contributed by atoms with Gasteiger partial charge >= 0.3 is 12.1 Å². The van der Waals surface area contributed by atoms with Gasteiger partial charge in [0.15, 0.2) is 5.96 Å². The molecule has 9 amide bonds. The van der Waals surface area contributed by atoms with E-state index < -0.39 is 163 Å². The van der Waals surface area contributed by atoms with Crippen molar-refractivity contribution in [3.8, 4) is 0 Å². The molecular formula is C54H85N13O16. The topological polar surface area (TPSA) is 480 Å². The zero-order valence-electron chi connectivity index (χ0n) is 48.0. The summed E-state index contributed by atoms with van der Waals surface area (Å²) < 4.78 is 5.39. The molecule has 0 aromatic heterocycles. The smallest absolute Gasteiger partial charge is 0.408 e. The molecule has 2 rings (SSSR count). The summed E-state index contributed by atoms with van der Waals surface area (Å²) in [6.07, 6.45) is -4.14. The molecule has 0 spiro atoms. The third kappa shape index (κ3) is 25.0. The fourth-order valence-electron chi connectivity index (χ4n) is 7.92. The Morgan fingerprint density at radius 1 is 0.614 bits per heavy atom. The van der Waals surface area contributed by atoms with Crippen LogP contribution in [0.25, 0.3) is 0 Å². The third-order valence-electron chi connectivity index (χ3n) is 12.9. The molecule has 0 aliphatic rings. The van der Waals surface area contributed by atoms with Crippen LogP contribution in [0.2, 0.25) is 0 Å². The molecule has 29 heteroatoms. The molecule has 2 aromatic rings. The number of ether oxygens (including phenoxy) is 1. The van der Waals surface area contributed by atoms with Crippen LogP contribution in [0, 0.1) is 17.3 Å². The van der Waals surface area contributed by atoms with Gasteiger partial charge in [0.05, 0.1) is 38.0 Å². The molecule has 462 valence electrons. The summed E-state index contributed by atoms with van der Waals surface area (Å²) in [6, 6.07) is 2.82. The van der Waals surface area contributed by atoms with Gasteiger partial charge in [0.2, 0.25) is 47.3 Å². The first-order chi connectivity index (χ1) is 38.9. The van der Waals surface area contributed by atoms with Gasteiger partial charge in [-0.25, -0.2) is 9.59 Å². The Labute approximate surface area is 481 Å². The summed E-state index contributed by atoms with van der Waals surface area (Å²) in [6.45, 7) is 9.79. The third-order valence-corrected chi connectivity index (χ3v) is 12.9. The molecule has 12 atom stereocenters. The fraction of sp³-hybridized carbons (Fsp3) is 0.574. The van der Waals surface area contributed by atoms with Crippen molar-refractivity contribution in [2.75, 3.05) is 26.3 Å². The molecule has 0 aliphatic heterocycles. The molecule has 0 aliphatic carbocycles. The van der Waals surface area contributed by atoms with Crippen LogP contribution in [0.3, 0.4) is 0 Å². The molecule has 0 saturated carbocycles. The van der Waals surface area contributed by atoms with Crippen molar-refractivity contribution in [2.45, 2.75) is 154 Å². The van der Waals surface area contributed by atoms with E-state index in [1.54, 1.807) is 109 Å². The number of carbonyl (C=O) groups is 10. The van der Waals surface area contributed by atoms with Gasteiger partial charge in [0, 0.05) is 6.54 Å². The van der Waals surface area contributed by atoms with E-state index in [1.165, 1.54) is 0 Å². The zero-order valence-corrected chi connectivity index (χ0v) is 48.0. The second-order valence-corrected chi connectivity index (χ2v) is 21.4. The van der Waals surface area contributed by atoms with Crippen LogP contribution in [0.15, 0.2) is 65.7 Å². The average Bonchev–Trinajstić information content (AvgIpc) is 3.62. The van der Waals surface area contributed by atoms with E-state index in [0.29, 0.717) is 11.1 Å². The maximum Gasteiger partial charge on any atom is 0.408 e. The van der Waals surface area contributed by atoms with E-state index in [4.69, 9.17) is 27.0 Å². The van der Waals surface area contributed by atoms with Crippen LogP contribution >= 0.6 is 0 Å². The number of carboxylic acid groups (broad SMARTS) is 1. The van der Waals surface area contributed by atoms with Crippen molar-refractivity contribution in [3.05, 3.63) is 71.8 Å². The highest BCUT2D eigenvalue weighted by Gasteiger charge is 2.40. The Balaban J connectivity index is 2.45. The van der Waals surface area contributed by atoms with Gasteiger partial charge in [-0.3, -0.25) is 43.3 Å². The minimum Gasteiger partial charge on any atom is -0.480 e. The summed E-state index contributed by atoms with van der Waals surface area (Å²) >= 11 is 0. The maximum absolute atomic E-state index is 14.6. The van der Waals surface area contributed by atoms with E-state index in [2.05, 4.69) is 47.5 Å². The van der Waals surface area contributed by atoms with Gasteiger partial charge in [-0.05, 0) is 54.6 Å². The lowest BCUT2D eigenvalue weighted by Crippen LogP contribution is -2.63. The average molecular weight is 1170 g/mol. The molecule has 29 nitrogen and oxygen atoms in total. The van der Waals surface area contributed by atoms with Crippen molar-refractivity contribution in [3.63, 3.8) is 0 Å². The largest absolute Gasteiger partial charge is 0.480 e. The van der Waals surface area contributed by atoms with Crippen LogP contribution in [0.5, 0.6) is 0 Å². The number of nitrogens with one attached hydrogen (secondary N) is 9. The minimum atomic E-state index is -1.77. The van der Waals surface area contributed by atoms with Crippen molar-refractivity contribution >= 4 is 65.3 Å². The first-order valence-electron chi connectivity index (χ1n) is 27.0. The highest BCUT2D eigenvalue weighted by atomic mass is 16.5. The van der Waals surface area contributed by atoms with Crippen LogP contribution in [-0.2, 0) is 54.5 Å². The molecule has 0 saturated heterocycles. The molecule has 0 unspecified atom stereocenters. The number of hydrogen-bond donors (Lipinski definition) is 17. The first-order valence-corrected chi connectivity index (χ1v) is 27.0. The van der Waals surface area contributed by atoms with Gasteiger partial charge in [0.1, 0.15) is 54.9 Å². The number of hydrogen-bond acceptors (Lipinski definition) is 17. The van der Waals surface area contributed by atoms with Gasteiger partial charge in [0.25, 0.3) is 0 Å². The van der Waals surface area contributed by atoms with Gasteiger partial charge in [-0.1, -0.05) is 116 Å². The van der Waals surface area contributed by atoms with Crippen LogP contribution in [-0.4, -0.2) is 178 Å². The molecule has 0 bridgehead atoms. The lowest BCUT2D eigenvalue weighted by molar-refractivity contribution is -0.143. The number of amides is 9. The van der Waals surface area contributed by atoms with E-state index >= 15 is 0 Å². The van der Waals surface area contributed by atoms with Crippen LogP contribution in [0.4, 0.5) is 4.79 Å². The number of aliphatic hydroxyl groups excluding tert-OH is 4. The number of guanidine groups is 1. The van der Waals surface area contributed by atoms with Crippen molar-refractivity contribution in [1.82, 2.24) is 47.9 Å². The molecule has 0 radical (unpaired) electrons. The normalized spacial score (nSPS) is 15.6. The number of aliphatic hydroxyl groups is 4. The highest BCUT2D eigenvalue weighted by molar-refractivity contribution is 5.98. The standard InChI is InChI=1S/C54H85N13O16/c1-9-29(4)39(48(77)65-40(30(5)70)47(76)59-24-37(71)60-35(25-68)46(75)63-36(26-69)51(80)81)64-44(73)33(21-16-22-58-52(56)57)61-45(74)34(23-54(6,7)8)62-50(79)42(43(72)28(2)3)66-49(78)41(38(55)32-19-14-11-15-20-32)67-53(82)83-27-31-17-12-10-13-18-31/h10-15,17-20,28-30,33-36,38-43,68-70,72H,9,16,21-27,55H2,1-8H3,(H,59,76)(H,60,71)(H,61,74)(H,62,79)(H,63,75)(H,64,73)(H,65,77)(H,66,78)(H,67,82)(H,80,81)(H4,56,57,58)/t29-,30-,33+,34-,35-,36-,38+,39-,40-,41-,42-,43+/m0/s1. The number of aliphatic carboxylic acids is 1. The van der Waals surface area contributed by atoms with Crippen LogP contribution < -0.4 is 65.1 Å². The number of nitrogens with two attached hydrogens (primary N) is 3. The Morgan fingerprint density at radius 3 is 1.65 bits per heavy atom. The monoisotopic (exact) mass is 1170 g/mol. The number of carboxylic acids is 1. The van der Waals surface area contributed by atoms with E-state index in [-0.39, 0.29) is 44.8 Å². The number of rotatable bonds is 34. The number of nitrogens with zero attached hydrogens (tertiary/aromatic N) is 1. The summed E-state index contributed by atoms with van der Waals surface area (Å²) in [5.41, 5.74) is 18.0. The maximum atomic E-state index is 14.6. The Morgan fingerprint density at radius 2 is 1.12 bits per heavy atom. The van der Waals surface area contributed by atoms with E-state index in [0.717, 1.165) is 6.92 Å². The van der Waals surface area contributed by atoms with E-state index in [9.17, 15) is 68.4 Å². The molecule has 83 heavy (non-hydrogen) atoms. The Hall–Kier alpha value is -7.99. The quantitative estimate of drug-likeness (QED) is 0.0184. The molecule has 2 aromatic carbocycles. The minimum absolute atomic E-state index is 0.0195. The zero-order chi connectivity index (χ0) is 62.7. The number of aliphatic imine (C=N–C) groups is 1. The number of carbonyl (C=O) groups excluding carboxylic acids is 9. The summed E-state index contributed by atoms with van der Waals surface area (Å²) in [4.78, 5) is 139. The van der Waals surface area contributed by atoms with Gasteiger partial charge < -0.3 is 95.3 Å². The second-order valence-electron chi connectivity index (χ2n) is 21.4. The van der Waals surface area contributed by atoms with Crippen molar-refractivity contribution in [2.24, 2.45) is 39.4 Å². The fourth-order valence-corrected chi connectivity index (χ4v) is 7.92. The van der Waals surface area contributed by atoms with E-state index in [1.807, 2.05) is 5.32 Å². The molecule has 0 fully saturated rings. The van der Waals surface area contributed by atoms with Crippen molar-refractivity contribution in [1.29, 1.82) is 0 Å². The van der Waals surface area contributed by atoms with Gasteiger partial charge in [-0.2, -0.15) is 0 Å². The van der Waals surface area contributed by atoms with Crippen molar-refractivity contribution < 1.29 is 78.2 Å². The Bertz CT molecular complexity index is 2500. The van der Waals surface area contributed by atoms with Gasteiger partial charge in [-0.15, -0.1) is 0 Å². The number of benzene rings is 2. The Kier molecular flexibility index (Phi) is 30.1. The summed E-state index contributed by atoms with van der Waals surface area (Å²) in [5, 5.41) is 71.6. The highest BCUT2D eigenvalue weighted by Crippen LogP contribution is 2.22. The van der Waals surface area contributed by atoms with Crippen LogP contribution in [0.1, 0.15) is 98.2 Å². The number of alkyl carbamates (subject to hydrolysis) is 1. The predicted molar refractivity (Wildman–Crippen MR) is 301 cm³/mol. The SMILES string of the molecule is CC[C@H](C)[C@H](NC(=O)[C@@H](CCCN=C(N)N)NC(=O)[C@H](CC(C)(C)C)NC(=O)[C@@H](NC(=O)[C@@H](NC(=O)OCc1ccccc1)[C@H](N)c1ccccc1)[C@H](O)C(C)C)C(=O)N[C@H](C(=O)NCC(=O)N[C@@H](CO)C(=O)N[C@@H](CO)C(=O)O)[C@H](C)O. The first kappa shape index (κ1) is 71.1. The molecule has 20 N–H and O–H groups in total. The summed E-state index contributed by atoms with van der Waals surface area (Å²) in [5.74, 6) is -11.4. The predicted octanol–water partition coefficient (Wildman–Crippen LogP) is -3.51. The second kappa shape index (κ2) is 35.1. The lowest BCUT2D eigenvalue weighted by atomic mass is 9.87. The molecule has 0 heterocycles. The lowest BCUT2D eigenvalue weighted by Gasteiger charge is -2.33. The molecular weight excluding hydrogens is 1090 g/mol. The summed E-state index contributed by atoms with van der Waals surface area (Å²) in [7, 11) is 0.